The number of carbonyl (C=O) groups is 1. The molecule has 0 saturated heterocycles. The third kappa shape index (κ3) is 3.90. The van der Waals surface area contributed by atoms with Gasteiger partial charge in [0.25, 0.3) is 5.91 Å². The SMILES string of the molecule is Cc1cc(/C=C(\C#N)C(=O)N[C@H]2CCCC[C@H]2C)c(C)n1C(C)C. The van der Waals surface area contributed by atoms with Gasteiger partial charge in [-0.2, -0.15) is 5.26 Å². The van der Waals surface area contributed by atoms with E-state index in [0.717, 1.165) is 36.2 Å². The summed E-state index contributed by atoms with van der Waals surface area (Å²) in [6.07, 6.45) is 6.26. The standard InChI is InChI=1S/C20H29N3O/c1-13(2)23-15(4)10-17(16(23)5)11-18(12-21)20(24)22-19-9-7-6-8-14(19)3/h10-11,13-14,19H,6-9H2,1-5H3,(H,22,24)/b18-11+/t14-,19+/m1/s1. The van der Waals surface area contributed by atoms with Crippen molar-refractivity contribution in [2.24, 2.45) is 5.92 Å². The van der Waals surface area contributed by atoms with Crippen LogP contribution in [0.25, 0.3) is 6.08 Å². The molecular formula is C20H29N3O. The van der Waals surface area contributed by atoms with Gasteiger partial charge in [-0.25, -0.2) is 0 Å². The fraction of sp³-hybridized carbons (Fsp3) is 0.600. The normalized spacial score (nSPS) is 21.6. The van der Waals surface area contributed by atoms with Crippen molar-refractivity contribution >= 4 is 12.0 Å². The second-order valence-corrected chi connectivity index (χ2v) is 7.30. The molecule has 0 spiro atoms. The molecule has 1 aliphatic rings. The van der Waals surface area contributed by atoms with Crippen LogP contribution in [0.3, 0.4) is 0 Å². The van der Waals surface area contributed by atoms with Crippen molar-refractivity contribution in [3.05, 3.63) is 28.6 Å². The molecule has 0 aliphatic heterocycles. The van der Waals surface area contributed by atoms with Crippen molar-refractivity contribution in [1.29, 1.82) is 5.26 Å². The molecule has 1 aliphatic carbocycles. The van der Waals surface area contributed by atoms with Crippen molar-refractivity contribution in [3.8, 4) is 6.07 Å². The Morgan fingerprint density at radius 2 is 2.04 bits per heavy atom. The lowest BCUT2D eigenvalue weighted by Gasteiger charge is -2.29. The van der Waals surface area contributed by atoms with Crippen LogP contribution < -0.4 is 5.32 Å². The summed E-state index contributed by atoms with van der Waals surface area (Å²) in [6, 6.07) is 4.67. The predicted molar refractivity (Wildman–Crippen MR) is 97.4 cm³/mol. The first-order valence-electron chi connectivity index (χ1n) is 8.96. The van der Waals surface area contributed by atoms with E-state index in [1.165, 1.54) is 6.42 Å². The lowest BCUT2D eigenvalue weighted by atomic mass is 9.86. The maximum absolute atomic E-state index is 12.5. The summed E-state index contributed by atoms with van der Waals surface area (Å²) in [5.74, 6) is 0.235. The second kappa shape index (κ2) is 7.70. The zero-order valence-electron chi connectivity index (χ0n) is 15.5. The molecule has 2 atom stereocenters. The number of nitriles is 1. The molecule has 0 bridgehead atoms. The molecule has 0 radical (unpaired) electrons. The first kappa shape index (κ1) is 18.3. The second-order valence-electron chi connectivity index (χ2n) is 7.30. The van der Waals surface area contributed by atoms with Gasteiger partial charge in [0.15, 0.2) is 0 Å². The Bertz CT molecular complexity index is 676. The quantitative estimate of drug-likeness (QED) is 0.662. The van der Waals surface area contributed by atoms with Gasteiger partial charge >= 0.3 is 0 Å². The fourth-order valence-corrected chi connectivity index (χ4v) is 3.82. The van der Waals surface area contributed by atoms with Crippen LogP contribution in [0.2, 0.25) is 0 Å². The highest BCUT2D eigenvalue weighted by molar-refractivity contribution is 6.02. The molecule has 1 heterocycles. The van der Waals surface area contributed by atoms with E-state index in [1.54, 1.807) is 6.08 Å². The summed E-state index contributed by atoms with van der Waals surface area (Å²) in [5, 5.41) is 12.5. The lowest BCUT2D eigenvalue weighted by Crippen LogP contribution is -2.41. The number of nitrogens with one attached hydrogen (secondary N) is 1. The van der Waals surface area contributed by atoms with Gasteiger partial charge in [-0.05, 0) is 64.2 Å². The molecule has 24 heavy (non-hydrogen) atoms. The van der Waals surface area contributed by atoms with Gasteiger partial charge in [0.2, 0.25) is 0 Å². The van der Waals surface area contributed by atoms with Gasteiger partial charge in [-0.15, -0.1) is 0 Å². The molecule has 4 heteroatoms. The van der Waals surface area contributed by atoms with Crippen molar-refractivity contribution in [2.75, 3.05) is 0 Å². The average Bonchev–Trinajstić information content (AvgIpc) is 2.81. The number of carbonyl (C=O) groups excluding carboxylic acids is 1. The van der Waals surface area contributed by atoms with Crippen LogP contribution in [0.1, 0.15) is 69.4 Å². The zero-order valence-corrected chi connectivity index (χ0v) is 15.5. The van der Waals surface area contributed by atoms with Gasteiger partial charge in [-0.1, -0.05) is 19.8 Å². The molecule has 1 aromatic rings. The predicted octanol–water partition coefficient (Wildman–Crippen LogP) is 4.29. The van der Waals surface area contributed by atoms with Crippen molar-refractivity contribution in [1.82, 2.24) is 9.88 Å². The topological polar surface area (TPSA) is 57.8 Å². The van der Waals surface area contributed by atoms with Crippen LogP contribution in [0.4, 0.5) is 0 Å². The Balaban J connectivity index is 2.22. The Hall–Kier alpha value is -2.02. The van der Waals surface area contributed by atoms with E-state index in [1.807, 2.05) is 13.0 Å². The summed E-state index contributed by atoms with van der Waals surface area (Å²) in [7, 11) is 0. The number of nitrogens with zero attached hydrogens (tertiary/aromatic N) is 2. The van der Waals surface area contributed by atoms with E-state index in [-0.39, 0.29) is 17.5 Å². The third-order valence-corrected chi connectivity index (χ3v) is 5.13. The molecule has 1 fully saturated rings. The molecule has 4 nitrogen and oxygen atoms in total. The van der Waals surface area contributed by atoms with Crippen LogP contribution in [-0.2, 0) is 4.79 Å². The highest BCUT2D eigenvalue weighted by Gasteiger charge is 2.24. The van der Waals surface area contributed by atoms with E-state index in [0.29, 0.717) is 12.0 Å². The summed E-state index contributed by atoms with van der Waals surface area (Å²) in [4.78, 5) is 12.5. The number of rotatable bonds is 4. The Morgan fingerprint density at radius 3 is 2.58 bits per heavy atom. The number of hydrogen-bond acceptors (Lipinski definition) is 2. The van der Waals surface area contributed by atoms with E-state index < -0.39 is 0 Å². The zero-order chi connectivity index (χ0) is 17.9. The number of hydrogen-bond donors (Lipinski definition) is 1. The summed E-state index contributed by atoms with van der Waals surface area (Å²) < 4.78 is 2.22. The minimum Gasteiger partial charge on any atom is -0.348 e. The van der Waals surface area contributed by atoms with E-state index >= 15 is 0 Å². The average molecular weight is 327 g/mol. The minimum atomic E-state index is -0.245. The van der Waals surface area contributed by atoms with Crippen LogP contribution in [0, 0.1) is 31.1 Å². The number of amides is 1. The molecule has 1 aromatic heterocycles. The van der Waals surface area contributed by atoms with Gasteiger partial charge < -0.3 is 9.88 Å². The molecule has 1 amide bonds. The largest absolute Gasteiger partial charge is 0.348 e. The highest BCUT2D eigenvalue weighted by Crippen LogP contribution is 2.25. The maximum atomic E-state index is 12.5. The maximum Gasteiger partial charge on any atom is 0.262 e. The van der Waals surface area contributed by atoms with Crippen LogP contribution in [0.15, 0.2) is 11.6 Å². The molecule has 0 unspecified atom stereocenters. The van der Waals surface area contributed by atoms with Gasteiger partial charge in [0.05, 0.1) is 0 Å². The number of aryl methyl sites for hydroxylation is 1. The van der Waals surface area contributed by atoms with Gasteiger partial charge in [-0.3, -0.25) is 4.79 Å². The van der Waals surface area contributed by atoms with E-state index in [4.69, 9.17) is 0 Å². The van der Waals surface area contributed by atoms with Gasteiger partial charge in [0, 0.05) is 23.5 Å². The first-order chi connectivity index (χ1) is 11.3. The summed E-state index contributed by atoms with van der Waals surface area (Å²) >= 11 is 0. The molecule has 1 saturated carbocycles. The molecular weight excluding hydrogens is 298 g/mol. The molecule has 0 aromatic carbocycles. The smallest absolute Gasteiger partial charge is 0.262 e. The number of aromatic nitrogens is 1. The minimum absolute atomic E-state index is 0.186. The first-order valence-corrected chi connectivity index (χ1v) is 8.96. The Kier molecular flexibility index (Phi) is 5.88. The lowest BCUT2D eigenvalue weighted by molar-refractivity contribution is -0.118. The molecule has 2 rings (SSSR count). The Labute approximate surface area is 145 Å². The van der Waals surface area contributed by atoms with Crippen molar-refractivity contribution < 1.29 is 4.79 Å². The van der Waals surface area contributed by atoms with E-state index in [9.17, 15) is 10.1 Å². The van der Waals surface area contributed by atoms with Crippen LogP contribution >= 0.6 is 0 Å². The molecule has 1 N–H and O–H groups in total. The Morgan fingerprint density at radius 1 is 1.38 bits per heavy atom. The fourth-order valence-electron chi connectivity index (χ4n) is 3.82. The van der Waals surface area contributed by atoms with Crippen LogP contribution in [-0.4, -0.2) is 16.5 Å². The third-order valence-electron chi connectivity index (χ3n) is 5.13. The molecule has 130 valence electrons. The van der Waals surface area contributed by atoms with E-state index in [2.05, 4.69) is 43.6 Å². The van der Waals surface area contributed by atoms with Crippen molar-refractivity contribution in [3.63, 3.8) is 0 Å². The van der Waals surface area contributed by atoms with Crippen molar-refractivity contribution in [2.45, 2.75) is 72.4 Å². The monoisotopic (exact) mass is 327 g/mol. The van der Waals surface area contributed by atoms with Crippen LogP contribution in [0.5, 0.6) is 0 Å². The summed E-state index contributed by atoms with van der Waals surface area (Å²) in [5.41, 5.74) is 3.38. The summed E-state index contributed by atoms with van der Waals surface area (Å²) in [6.45, 7) is 10.5. The highest BCUT2D eigenvalue weighted by atomic mass is 16.1. The van der Waals surface area contributed by atoms with Gasteiger partial charge in [0.1, 0.15) is 11.6 Å².